The van der Waals surface area contributed by atoms with Gasteiger partial charge in [-0.15, -0.1) is 0 Å². The normalized spacial score (nSPS) is 36.0. The molecular formula is C36H58O8. The van der Waals surface area contributed by atoms with E-state index in [1.165, 1.54) is 64.2 Å². The maximum atomic E-state index is 13.0. The molecule has 2 N–H and O–H groups in total. The summed E-state index contributed by atoms with van der Waals surface area (Å²) in [6.45, 7) is 1.23. The minimum Gasteiger partial charge on any atom is -0.481 e. The third-order valence-corrected chi connectivity index (χ3v) is 12.6. The van der Waals surface area contributed by atoms with Crippen LogP contribution >= 0.6 is 0 Å². The Morgan fingerprint density at radius 2 is 0.977 bits per heavy atom. The number of carboxylic acids is 2. The van der Waals surface area contributed by atoms with Crippen molar-refractivity contribution >= 4 is 17.9 Å². The van der Waals surface area contributed by atoms with Crippen molar-refractivity contribution in [1.82, 2.24) is 0 Å². The minimum absolute atomic E-state index is 0.0146. The SMILES string of the molecule is O=C(O)C1CC(C2CCCCC2)CCC1COOCC1CCC(COC(=O)C2CCC(C3CCCCC3)CC2C(=O)O)CC1. The molecule has 5 fully saturated rings. The standard InChI is InChI=1S/C36H58O8/c37-34(38)32-19-28(26-7-3-1-4-8-26)15-16-30(32)23-44-43-22-25-13-11-24(12-14-25)21-42-36(41)31-18-17-29(20-33(31)35(39)40)27-9-5-2-6-10-27/h24-33H,1-23H2,(H,37,38)(H,39,40). The molecule has 250 valence electrons. The second-order valence-electron chi connectivity index (χ2n) is 15.3. The number of carbonyl (C=O) groups excluding carboxylic acids is 1. The van der Waals surface area contributed by atoms with Gasteiger partial charge in [-0.25, -0.2) is 9.78 Å². The summed E-state index contributed by atoms with van der Waals surface area (Å²) in [5, 5.41) is 19.8. The molecule has 5 aliphatic carbocycles. The maximum Gasteiger partial charge on any atom is 0.309 e. The Morgan fingerprint density at radius 3 is 1.55 bits per heavy atom. The molecule has 5 rings (SSSR count). The second-order valence-corrected chi connectivity index (χ2v) is 15.3. The predicted octanol–water partition coefficient (Wildman–Crippen LogP) is 7.68. The van der Waals surface area contributed by atoms with Gasteiger partial charge >= 0.3 is 17.9 Å². The lowest BCUT2D eigenvalue weighted by molar-refractivity contribution is -0.312. The van der Waals surface area contributed by atoms with E-state index in [0.29, 0.717) is 68.2 Å². The molecule has 8 nitrogen and oxygen atoms in total. The van der Waals surface area contributed by atoms with Crippen LogP contribution in [0.25, 0.3) is 0 Å². The Hall–Kier alpha value is -1.67. The van der Waals surface area contributed by atoms with Gasteiger partial charge in [0, 0.05) is 0 Å². The topological polar surface area (TPSA) is 119 Å². The highest BCUT2D eigenvalue weighted by Gasteiger charge is 2.43. The van der Waals surface area contributed by atoms with E-state index in [1.807, 2.05) is 0 Å². The van der Waals surface area contributed by atoms with Crippen LogP contribution in [0.4, 0.5) is 0 Å². The number of hydrogen-bond donors (Lipinski definition) is 2. The van der Waals surface area contributed by atoms with Crippen molar-refractivity contribution in [3.05, 3.63) is 0 Å². The number of ether oxygens (including phenoxy) is 1. The molecule has 0 aliphatic heterocycles. The summed E-state index contributed by atoms with van der Waals surface area (Å²) in [6.07, 6.45) is 21.5. The quantitative estimate of drug-likeness (QED) is 0.0989. The monoisotopic (exact) mass is 618 g/mol. The van der Waals surface area contributed by atoms with Crippen molar-refractivity contribution in [2.24, 2.45) is 59.2 Å². The van der Waals surface area contributed by atoms with Crippen LogP contribution in [0.5, 0.6) is 0 Å². The molecule has 0 aromatic heterocycles. The molecule has 6 unspecified atom stereocenters. The highest BCUT2D eigenvalue weighted by atomic mass is 17.2. The Balaban J connectivity index is 0.960. The van der Waals surface area contributed by atoms with Crippen molar-refractivity contribution in [2.45, 2.75) is 128 Å². The fourth-order valence-electron chi connectivity index (χ4n) is 9.75. The predicted molar refractivity (Wildman–Crippen MR) is 165 cm³/mol. The third kappa shape index (κ3) is 9.20. The number of rotatable bonds is 12. The van der Waals surface area contributed by atoms with Gasteiger partial charge in [-0.05, 0) is 106 Å². The molecule has 0 saturated heterocycles. The third-order valence-electron chi connectivity index (χ3n) is 12.6. The maximum absolute atomic E-state index is 13.0. The van der Waals surface area contributed by atoms with Gasteiger partial charge in [0.05, 0.1) is 37.6 Å². The van der Waals surface area contributed by atoms with E-state index in [9.17, 15) is 24.6 Å². The average molecular weight is 619 g/mol. The first kappa shape index (κ1) is 33.7. The zero-order chi connectivity index (χ0) is 30.9. The molecule has 0 heterocycles. The van der Waals surface area contributed by atoms with Gasteiger partial charge in [-0.3, -0.25) is 14.4 Å². The van der Waals surface area contributed by atoms with Crippen LogP contribution in [-0.2, 0) is 28.9 Å². The molecule has 0 aromatic carbocycles. The molecule has 5 saturated carbocycles. The summed E-state index contributed by atoms with van der Waals surface area (Å²) in [5.41, 5.74) is 0. The zero-order valence-corrected chi connectivity index (χ0v) is 26.9. The van der Waals surface area contributed by atoms with Gasteiger partial charge in [-0.2, -0.15) is 0 Å². The molecule has 5 aliphatic rings. The first-order valence-electron chi connectivity index (χ1n) is 18.3. The average Bonchev–Trinajstić information content (AvgIpc) is 3.06. The molecule has 0 bridgehead atoms. The van der Waals surface area contributed by atoms with E-state index < -0.39 is 23.8 Å². The number of carboxylic acid groups (broad SMARTS) is 2. The summed E-state index contributed by atoms with van der Waals surface area (Å²) in [5.74, 6) is -0.323. The Bertz CT molecular complexity index is 917. The van der Waals surface area contributed by atoms with E-state index >= 15 is 0 Å². The molecule has 0 aromatic rings. The molecule has 0 amide bonds. The first-order chi connectivity index (χ1) is 21.4. The van der Waals surface area contributed by atoms with Crippen LogP contribution in [0, 0.1) is 59.2 Å². The number of aliphatic carboxylic acids is 2. The van der Waals surface area contributed by atoms with E-state index in [2.05, 4.69) is 0 Å². The fraction of sp³-hybridized carbons (Fsp3) is 0.917. The van der Waals surface area contributed by atoms with Crippen LogP contribution in [-0.4, -0.2) is 47.9 Å². The van der Waals surface area contributed by atoms with Crippen LogP contribution in [0.1, 0.15) is 128 Å². The largest absolute Gasteiger partial charge is 0.481 e. The minimum atomic E-state index is -0.846. The fourth-order valence-corrected chi connectivity index (χ4v) is 9.75. The van der Waals surface area contributed by atoms with E-state index in [-0.39, 0.29) is 17.8 Å². The van der Waals surface area contributed by atoms with Crippen LogP contribution < -0.4 is 0 Å². The molecule has 8 heteroatoms. The highest BCUT2D eigenvalue weighted by molar-refractivity contribution is 5.81. The van der Waals surface area contributed by atoms with Crippen molar-refractivity contribution in [1.29, 1.82) is 0 Å². The van der Waals surface area contributed by atoms with Crippen LogP contribution in [0.15, 0.2) is 0 Å². The first-order valence-corrected chi connectivity index (χ1v) is 18.3. The van der Waals surface area contributed by atoms with Crippen molar-refractivity contribution in [3.63, 3.8) is 0 Å². The molecule has 44 heavy (non-hydrogen) atoms. The molecule has 0 spiro atoms. The summed E-state index contributed by atoms with van der Waals surface area (Å²) in [7, 11) is 0. The Kier molecular flexibility index (Phi) is 12.8. The Morgan fingerprint density at radius 1 is 0.477 bits per heavy atom. The highest BCUT2D eigenvalue weighted by Crippen LogP contribution is 2.44. The lowest BCUT2D eigenvalue weighted by Crippen LogP contribution is -2.39. The summed E-state index contributed by atoms with van der Waals surface area (Å²) in [4.78, 5) is 48.4. The summed E-state index contributed by atoms with van der Waals surface area (Å²) < 4.78 is 5.75. The zero-order valence-electron chi connectivity index (χ0n) is 26.9. The lowest BCUT2D eigenvalue weighted by atomic mass is 9.67. The molecular weight excluding hydrogens is 560 g/mol. The van der Waals surface area contributed by atoms with Crippen LogP contribution in [0.2, 0.25) is 0 Å². The van der Waals surface area contributed by atoms with Crippen LogP contribution in [0.3, 0.4) is 0 Å². The van der Waals surface area contributed by atoms with E-state index in [1.54, 1.807) is 0 Å². The van der Waals surface area contributed by atoms with Gasteiger partial charge < -0.3 is 14.9 Å². The number of hydrogen-bond acceptors (Lipinski definition) is 6. The summed E-state index contributed by atoms with van der Waals surface area (Å²) in [6, 6.07) is 0. The Labute approximate surface area is 264 Å². The van der Waals surface area contributed by atoms with Crippen molar-refractivity contribution in [2.75, 3.05) is 19.8 Å². The van der Waals surface area contributed by atoms with Gasteiger partial charge in [0.1, 0.15) is 0 Å². The smallest absolute Gasteiger partial charge is 0.309 e. The summed E-state index contributed by atoms with van der Waals surface area (Å²) >= 11 is 0. The molecule has 6 atom stereocenters. The van der Waals surface area contributed by atoms with Gasteiger partial charge in [0.25, 0.3) is 0 Å². The van der Waals surface area contributed by atoms with Gasteiger partial charge in [0.2, 0.25) is 0 Å². The van der Waals surface area contributed by atoms with Crippen molar-refractivity contribution in [3.8, 4) is 0 Å². The number of esters is 1. The number of carbonyl (C=O) groups is 3. The van der Waals surface area contributed by atoms with E-state index in [0.717, 1.165) is 51.4 Å². The van der Waals surface area contributed by atoms with E-state index in [4.69, 9.17) is 14.5 Å². The lowest BCUT2D eigenvalue weighted by Gasteiger charge is -2.38. The second kappa shape index (κ2) is 16.8. The van der Waals surface area contributed by atoms with Gasteiger partial charge in [0.15, 0.2) is 0 Å². The van der Waals surface area contributed by atoms with Crippen molar-refractivity contribution < 1.29 is 39.1 Å². The molecule has 0 radical (unpaired) electrons. The van der Waals surface area contributed by atoms with Gasteiger partial charge in [-0.1, -0.05) is 64.2 Å².